The van der Waals surface area contributed by atoms with Crippen molar-refractivity contribution in [2.24, 2.45) is 0 Å². The summed E-state index contributed by atoms with van der Waals surface area (Å²) < 4.78 is 22.2. The van der Waals surface area contributed by atoms with Gasteiger partial charge in [-0.1, -0.05) is 6.07 Å². The van der Waals surface area contributed by atoms with Crippen LogP contribution in [-0.2, 0) is 13.6 Å². The Morgan fingerprint density at radius 3 is 2.44 bits per heavy atom. The molecule has 0 aliphatic heterocycles. The molecule has 0 aliphatic carbocycles. The van der Waals surface area contributed by atoms with Crippen LogP contribution in [0.25, 0.3) is 0 Å². The van der Waals surface area contributed by atoms with Crippen molar-refractivity contribution in [3.8, 4) is 0 Å². The van der Waals surface area contributed by atoms with Crippen molar-refractivity contribution >= 4 is 24.7 Å². The third-order valence-corrected chi connectivity index (χ3v) is 4.67. The van der Waals surface area contributed by atoms with Gasteiger partial charge in [-0.3, -0.25) is 9.36 Å². The van der Waals surface area contributed by atoms with Crippen molar-refractivity contribution < 1.29 is 18.4 Å². The van der Waals surface area contributed by atoms with Crippen LogP contribution < -0.4 is 0 Å². The molecule has 1 heterocycles. The van der Waals surface area contributed by atoms with E-state index >= 15 is 0 Å². The van der Waals surface area contributed by atoms with Crippen molar-refractivity contribution in [1.82, 2.24) is 0 Å². The molecule has 0 spiro atoms. The molecule has 16 heavy (non-hydrogen) atoms. The molecule has 0 aliphatic rings. The highest BCUT2D eigenvalue weighted by molar-refractivity contribution is 7.55. The first-order valence-electron chi connectivity index (χ1n) is 5.06. The number of hydrogen-bond acceptors (Lipinski definition) is 5. The van der Waals surface area contributed by atoms with Gasteiger partial charge in [0.1, 0.15) is 6.16 Å². The fourth-order valence-corrected chi connectivity index (χ4v) is 3.55. The molecule has 0 saturated heterocycles. The molecule has 0 amide bonds. The van der Waals surface area contributed by atoms with Crippen LogP contribution in [-0.4, -0.2) is 25.2 Å². The van der Waals surface area contributed by atoms with Gasteiger partial charge in [0.25, 0.3) is 0 Å². The lowest BCUT2D eigenvalue weighted by atomic mass is 10.4. The summed E-state index contributed by atoms with van der Waals surface area (Å²) in [7, 11) is -3.26. The molecule has 0 fully saturated rings. The quantitative estimate of drug-likeness (QED) is 0.559. The molecule has 0 aromatic carbocycles. The molecule has 4 nitrogen and oxygen atoms in total. The first-order chi connectivity index (χ1) is 7.61. The Balaban J connectivity index is 2.69. The van der Waals surface area contributed by atoms with E-state index in [-0.39, 0.29) is 25.2 Å². The molecule has 0 radical (unpaired) electrons. The van der Waals surface area contributed by atoms with Gasteiger partial charge in [-0.2, -0.15) is 0 Å². The third kappa shape index (κ3) is 3.83. The van der Waals surface area contributed by atoms with Gasteiger partial charge in [0.05, 0.1) is 18.1 Å². The second kappa shape index (κ2) is 6.30. The molecule has 0 unspecified atom stereocenters. The monoisotopic (exact) mass is 262 g/mol. The Morgan fingerprint density at radius 2 is 2.00 bits per heavy atom. The van der Waals surface area contributed by atoms with Gasteiger partial charge < -0.3 is 9.05 Å². The SMILES string of the molecule is CCOP(=O)(CC(=O)c1cccs1)OCC. The van der Waals surface area contributed by atoms with E-state index in [0.717, 1.165) is 0 Å². The van der Waals surface area contributed by atoms with Crippen molar-refractivity contribution in [2.45, 2.75) is 13.8 Å². The Hall–Kier alpha value is -0.480. The van der Waals surface area contributed by atoms with E-state index in [2.05, 4.69) is 0 Å². The van der Waals surface area contributed by atoms with Crippen LogP contribution in [0.5, 0.6) is 0 Å². The number of Topliss-reactive ketones (excluding diaryl/α,β-unsaturated/α-hetero) is 1. The lowest BCUT2D eigenvalue weighted by molar-refractivity contribution is 0.101. The third-order valence-electron chi connectivity index (χ3n) is 1.78. The van der Waals surface area contributed by atoms with E-state index in [4.69, 9.17) is 9.05 Å². The average Bonchev–Trinajstić information content (AvgIpc) is 2.70. The smallest absolute Gasteiger partial charge is 0.309 e. The summed E-state index contributed by atoms with van der Waals surface area (Å²) >= 11 is 1.33. The summed E-state index contributed by atoms with van der Waals surface area (Å²) in [4.78, 5) is 12.3. The van der Waals surface area contributed by atoms with Gasteiger partial charge in [0.2, 0.25) is 0 Å². The molecule has 0 bridgehead atoms. The van der Waals surface area contributed by atoms with Crippen LogP contribution >= 0.6 is 18.9 Å². The minimum absolute atomic E-state index is 0.185. The predicted octanol–water partition coefficient (Wildman–Crippen LogP) is 3.20. The van der Waals surface area contributed by atoms with E-state index in [1.54, 1.807) is 31.4 Å². The summed E-state index contributed by atoms with van der Waals surface area (Å²) in [6.45, 7) is 3.99. The van der Waals surface area contributed by atoms with Crippen LogP contribution in [0.15, 0.2) is 17.5 Å². The van der Waals surface area contributed by atoms with Crippen LogP contribution in [0.2, 0.25) is 0 Å². The lowest BCUT2D eigenvalue weighted by Crippen LogP contribution is -2.09. The van der Waals surface area contributed by atoms with Crippen LogP contribution in [0.4, 0.5) is 0 Å². The first-order valence-corrected chi connectivity index (χ1v) is 7.67. The standard InChI is InChI=1S/C10H15O4PS/c1-3-13-15(12,14-4-2)8-9(11)10-6-5-7-16-10/h5-7H,3-4,8H2,1-2H3. The number of ketones is 1. The van der Waals surface area contributed by atoms with E-state index in [1.165, 1.54) is 11.3 Å². The molecule has 1 aromatic heterocycles. The Bertz CT molecular complexity index is 364. The van der Waals surface area contributed by atoms with Crippen LogP contribution in [0.3, 0.4) is 0 Å². The number of rotatable bonds is 7. The van der Waals surface area contributed by atoms with Crippen LogP contribution in [0.1, 0.15) is 23.5 Å². The largest absolute Gasteiger partial charge is 0.338 e. The highest BCUT2D eigenvalue weighted by atomic mass is 32.1. The van der Waals surface area contributed by atoms with Crippen molar-refractivity contribution in [3.05, 3.63) is 22.4 Å². The Labute approximate surface area is 99.1 Å². The molecule has 0 atom stereocenters. The van der Waals surface area contributed by atoms with Gasteiger partial charge >= 0.3 is 7.60 Å². The van der Waals surface area contributed by atoms with E-state index in [1.807, 2.05) is 0 Å². The molecule has 0 N–H and O–H groups in total. The van der Waals surface area contributed by atoms with Gasteiger partial charge in [0, 0.05) is 0 Å². The second-order valence-corrected chi connectivity index (χ2v) is 6.01. The molecule has 1 aromatic rings. The fraction of sp³-hybridized carbons (Fsp3) is 0.500. The lowest BCUT2D eigenvalue weighted by Gasteiger charge is -2.15. The second-order valence-electron chi connectivity index (χ2n) is 3.01. The topological polar surface area (TPSA) is 52.6 Å². The zero-order valence-electron chi connectivity index (χ0n) is 9.34. The minimum Gasteiger partial charge on any atom is -0.309 e. The van der Waals surface area contributed by atoms with E-state index in [9.17, 15) is 9.36 Å². The Morgan fingerprint density at radius 1 is 1.38 bits per heavy atom. The zero-order chi connectivity index (χ0) is 12.0. The number of carbonyl (C=O) groups excluding carboxylic acids is 1. The summed E-state index contributed by atoms with van der Waals surface area (Å²) in [5.41, 5.74) is 0. The molecular weight excluding hydrogens is 247 g/mol. The number of thiophene rings is 1. The normalized spacial score (nSPS) is 11.6. The maximum absolute atomic E-state index is 12.1. The average molecular weight is 262 g/mol. The minimum atomic E-state index is -3.26. The summed E-state index contributed by atoms with van der Waals surface area (Å²) in [5.74, 6) is -0.194. The predicted molar refractivity (Wildman–Crippen MR) is 64.4 cm³/mol. The summed E-state index contributed by atoms with van der Waals surface area (Å²) in [6.07, 6.45) is -0.185. The number of carbonyl (C=O) groups is 1. The highest BCUT2D eigenvalue weighted by Crippen LogP contribution is 2.48. The molecule has 90 valence electrons. The fourth-order valence-electron chi connectivity index (χ4n) is 1.21. The van der Waals surface area contributed by atoms with Crippen molar-refractivity contribution in [2.75, 3.05) is 19.4 Å². The first kappa shape index (κ1) is 13.6. The molecule has 6 heteroatoms. The van der Waals surface area contributed by atoms with Gasteiger partial charge in [0.15, 0.2) is 5.78 Å². The van der Waals surface area contributed by atoms with Crippen molar-refractivity contribution in [1.29, 1.82) is 0 Å². The van der Waals surface area contributed by atoms with Gasteiger partial charge in [-0.15, -0.1) is 11.3 Å². The zero-order valence-corrected chi connectivity index (χ0v) is 11.1. The molecular formula is C10H15O4PS. The maximum Gasteiger partial charge on any atom is 0.338 e. The summed E-state index contributed by atoms with van der Waals surface area (Å²) in [6, 6.07) is 3.49. The number of hydrogen-bond donors (Lipinski definition) is 0. The molecule has 0 saturated carbocycles. The highest BCUT2D eigenvalue weighted by Gasteiger charge is 2.28. The van der Waals surface area contributed by atoms with Crippen molar-refractivity contribution in [3.63, 3.8) is 0 Å². The molecule has 1 rings (SSSR count). The Kier molecular flexibility index (Phi) is 5.35. The maximum atomic E-state index is 12.1. The summed E-state index contributed by atoms with van der Waals surface area (Å²) in [5, 5.41) is 1.81. The van der Waals surface area contributed by atoms with E-state index in [0.29, 0.717) is 4.88 Å². The van der Waals surface area contributed by atoms with E-state index < -0.39 is 7.60 Å². The van der Waals surface area contributed by atoms with Crippen LogP contribution in [0, 0.1) is 0 Å². The van der Waals surface area contributed by atoms with Gasteiger partial charge in [-0.25, -0.2) is 0 Å². The van der Waals surface area contributed by atoms with Gasteiger partial charge in [-0.05, 0) is 25.3 Å².